The highest BCUT2D eigenvalue weighted by Gasteiger charge is 2.41. The summed E-state index contributed by atoms with van der Waals surface area (Å²) < 4.78 is 0. The van der Waals surface area contributed by atoms with Crippen molar-refractivity contribution in [2.24, 2.45) is 17.3 Å². The van der Waals surface area contributed by atoms with Gasteiger partial charge in [0.15, 0.2) is 0 Å². The molecular formula is C25H55N3. The van der Waals surface area contributed by atoms with Gasteiger partial charge in [0.05, 0.1) is 0 Å². The summed E-state index contributed by atoms with van der Waals surface area (Å²) in [6.45, 7) is 23.1. The van der Waals surface area contributed by atoms with Gasteiger partial charge in [0.2, 0.25) is 0 Å². The van der Waals surface area contributed by atoms with Gasteiger partial charge >= 0.3 is 0 Å². The van der Waals surface area contributed by atoms with Crippen LogP contribution in [-0.4, -0.2) is 74.1 Å². The second kappa shape index (κ2) is 14.0. The molecule has 28 heavy (non-hydrogen) atoms. The van der Waals surface area contributed by atoms with Crippen LogP contribution in [0, 0.1) is 17.3 Å². The first-order chi connectivity index (χ1) is 13.1. The van der Waals surface area contributed by atoms with E-state index in [9.17, 15) is 0 Å². The number of rotatable bonds is 13. The lowest BCUT2D eigenvalue weighted by Crippen LogP contribution is -2.51. The van der Waals surface area contributed by atoms with E-state index in [0.29, 0.717) is 11.5 Å². The molecule has 0 saturated heterocycles. The minimum atomic E-state index is 0.578. The summed E-state index contributed by atoms with van der Waals surface area (Å²) in [5.74, 6) is 1.65. The summed E-state index contributed by atoms with van der Waals surface area (Å²) in [4.78, 5) is 7.63. The second-order valence-corrected chi connectivity index (χ2v) is 10.1. The van der Waals surface area contributed by atoms with Gasteiger partial charge in [-0.1, -0.05) is 48.5 Å². The second-order valence-electron chi connectivity index (χ2n) is 10.1. The summed E-state index contributed by atoms with van der Waals surface area (Å²) in [7, 11) is 6.89. The summed E-state index contributed by atoms with van der Waals surface area (Å²) in [5.41, 5.74) is 0.578. The van der Waals surface area contributed by atoms with Crippen LogP contribution in [0.5, 0.6) is 0 Å². The first-order valence-electron chi connectivity index (χ1n) is 12.2. The fraction of sp³-hybridized carbons (Fsp3) is 1.00. The highest BCUT2D eigenvalue weighted by Crippen LogP contribution is 2.45. The molecule has 3 heteroatoms. The Morgan fingerprint density at radius 2 is 1.46 bits per heavy atom. The predicted molar refractivity (Wildman–Crippen MR) is 128 cm³/mol. The Hall–Kier alpha value is -0.120. The van der Waals surface area contributed by atoms with Crippen molar-refractivity contribution in [3.8, 4) is 0 Å². The molecule has 1 aliphatic rings. The molecule has 3 nitrogen and oxygen atoms in total. The van der Waals surface area contributed by atoms with Gasteiger partial charge in [-0.25, -0.2) is 0 Å². The van der Waals surface area contributed by atoms with E-state index in [1.165, 1.54) is 58.3 Å². The molecule has 170 valence electrons. The summed E-state index contributed by atoms with van der Waals surface area (Å²) in [6.07, 6.45) is 6.79. The van der Waals surface area contributed by atoms with Crippen LogP contribution in [0.25, 0.3) is 0 Å². The largest absolute Gasteiger partial charge is 0.307 e. The number of hydrogen-bond donors (Lipinski definition) is 0. The quantitative estimate of drug-likeness (QED) is 0.386. The van der Waals surface area contributed by atoms with E-state index >= 15 is 0 Å². The van der Waals surface area contributed by atoms with Crippen molar-refractivity contribution in [2.75, 3.05) is 47.3 Å². The molecule has 1 fully saturated rings. The maximum absolute atomic E-state index is 2.62. The molecule has 0 aromatic carbocycles. The summed E-state index contributed by atoms with van der Waals surface area (Å²) in [5, 5.41) is 0. The third kappa shape index (κ3) is 10.1. The van der Waals surface area contributed by atoms with Crippen LogP contribution in [0.4, 0.5) is 0 Å². The molecule has 1 saturated carbocycles. The number of nitrogens with zero attached hydrogens (tertiary/aromatic N) is 3. The van der Waals surface area contributed by atoms with Gasteiger partial charge in [0, 0.05) is 25.2 Å². The molecule has 0 spiro atoms. The Morgan fingerprint density at radius 3 is 1.96 bits per heavy atom. The van der Waals surface area contributed by atoms with Crippen molar-refractivity contribution in [2.45, 2.75) is 99.6 Å². The highest BCUT2D eigenvalue weighted by atomic mass is 15.2. The van der Waals surface area contributed by atoms with E-state index in [1.54, 1.807) is 0 Å². The van der Waals surface area contributed by atoms with Crippen LogP contribution in [0.2, 0.25) is 0 Å². The van der Waals surface area contributed by atoms with Gasteiger partial charge in [0.1, 0.15) is 0 Å². The topological polar surface area (TPSA) is 9.72 Å². The summed E-state index contributed by atoms with van der Waals surface area (Å²) >= 11 is 0. The lowest BCUT2D eigenvalue weighted by Gasteiger charge is -2.50. The first kappa shape index (κ1) is 27.9. The molecule has 0 aromatic heterocycles. The average molecular weight is 398 g/mol. The van der Waals surface area contributed by atoms with E-state index in [2.05, 4.69) is 77.4 Å². The lowest BCUT2D eigenvalue weighted by molar-refractivity contribution is 0.0111. The van der Waals surface area contributed by atoms with Gasteiger partial charge in [-0.3, -0.25) is 0 Å². The molecule has 0 N–H and O–H groups in total. The van der Waals surface area contributed by atoms with Crippen molar-refractivity contribution in [3.05, 3.63) is 0 Å². The Bertz CT molecular complexity index is 376. The van der Waals surface area contributed by atoms with Gasteiger partial charge in [-0.2, -0.15) is 0 Å². The molecular weight excluding hydrogens is 342 g/mol. The molecule has 1 rings (SSSR count). The minimum absolute atomic E-state index is 0.578. The molecule has 1 aliphatic carbocycles. The van der Waals surface area contributed by atoms with Crippen LogP contribution in [-0.2, 0) is 0 Å². The predicted octanol–water partition coefficient (Wildman–Crippen LogP) is 5.85. The first-order valence-corrected chi connectivity index (χ1v) is 12.2. The van der Waals surface area contributed by atoms with E-state index < -0.39 is 0 Å². The third-order valence-corrected chi connectivity index (χ3v) is 7.45. The van der Waals surface area contributed by atoms with Gasteiger partial charge in [-0.15, -0.1) is 0 Å². The van der Waals surface area contributed by atoms with Crippen molar-refractivity contribution in [1.82, 2.24) is 14.7 Å². The smallest absolute Gasteiger partial charge is 0.0109 e. The Morgan fingerprint density at radius 1 is 0.893 bits per heavy atom. The monoisotopic (exact) mass is 397 g/mol. The third-order valence-electron chi connectivity index (χ3n) is 7.45. The molecule has 0 heterocycles. The number of likely N-dealkylation sites (N-methyl/N-ethyl adjacent to an activating group) is 2. The van der Waals surface area contributed by atoms with Crippen molar-refractivity contribution in [1.29, 1.82) is 0 Å². The fourth-order valence-electron chi connectivity index (χ4n) is 3.99. The fourth-order valence-corrected chi connectivity index (χ4v) is 3.99. The molecule has 2 atom stereocenters. The highest BCUT2D eigenvalue weighted by molar-refractivity contribution is 4.95. The molecule has 0 amide bonds. The maximum atomic E-state index is 2.62. The number of hydrogen-bond acceptors (Lipinski definition) is 3. The average Bonchev–Trinajstić information content (AvgIpc) is 2.66. The zero-order chi connectivity index (χ0) is 21.9. The van der Waals surface area contributed by atoms with Crippen molar-refractivity contribution < 1.29 is 0 Å². The van der Waals surface area contributed by atoms with Gasteiger partial charge in [-0.05, 0) is 90.5 Å². The summed E-state index contributed by atoms with van der Waals surface area (Å²) in [6, 6.07) is 1.50. The molecule has 0 aromatic rings. The Labute approximate surface area is 179 Å². The van der Waals surface area contributed by atoms with Crippen LogP contribution < -0.4 is 0 Å². The van der Waals surface area contributed by atoms with Crippen LogP contribution >= 0.6 is 0 Å². The SMILES string of the molecule is CC.CCN(C)CCC1(C)CC(N(C)CCN(C)[C@H](C)CC[C@@H](C)C(C)C)C1. The zero-order valence-electron chi connectivity index (χ0n) is 21.5. The van der Waals surface area contributed by atoms with E-state index in [-0.39, 0.29) is 0 Å². The minimum Gasteiger partial charge on any atom is -0.307 e. The van der Waals surface area contributed by atoms with E-state index in [4.69, 9.17) is 0 Å². The molecule has 0 unspecified atom stereocenters. The zero-order valence-corrected chi connectivity index (χ0v) is 21.5. The van der Waals surface area contributed by atoms with E-state index in [1.807, 2.05) is 13.8 Å². The van der Waals surface area contributed by atoms with Gasteiger partial charge in [0.25, 0.3) is 0 Å². The molecule has 0 radical (unpaired) electrons. The molecule has 0 aliphatic heterocycles. The van der Waals surface area contributed by atoms with Gasteiger partial charge < -0.3 is 14.7 Å². The Balaban J connectivity index is 0.00000352. The van der Waals surface area contributed by atoms with Crippen LogP contribution in [0.3, 0.4) is 0 Å². The standard InChI is InChI=1S/C23H49N3.C2H6/c1-10-24(7)14-13-23(6)17-22(18-23)26(9)16-15-25(8)21(5)12-11-20(4)19(2)3;1-2/h19-22H,10-18H2,1-9H3;1-2H3/t20-,21-,22?,23?;/m1./s1. The Kier molecular flexibility index (Phi) is 13.9. The normalized spacial score (nSPS) is 24.3. The van der Waals surface area contributed by atoms with E-state index in [0.717, 1.165) is 17.9 Å². The van der Waals surface area contributed by atoms with Crippen LogP contribution in [0.15, 0.2) is 0 Å². The maximum Gasteiger partial charge on any atom is 0.0109 e. The van der Waals surface area contributed by atoms with Crippen molar-refractivity contribution >= 4 is 0 Å². The van der Waals surface area contributed by atoms with Crippen molar-refractivity contribution in [3.63, 3.8) is 0 Å². The van der Waals surface area contributed by atoms with Crippen LogP contribution in [0.1, 0.15) is 87.5 Å². The molecule has 0 bridgehead atoms. The lowest BCUT2D eigenvalue weighted by atomic mass is 9.64.